The van der Waals surface area contributed by atoms with Crippen LogP contribution in [0.1, 0.15) is 23.2 Å². The maximum Gasteiger partial charge on any atom is 0.341 e. The van der Waals surface area contributed by atoms with E-state index in [2.05, 4.69) is 26.2 Å². The minimum Gasteiger partial charge on any atom is -0.465 e. The fourth-order valence-corrected chi connectivity index (χ4v) is 3.29. The van der Waals surface area contributed by atoms with E-state index in [1.165, 1.54) is 7.11 Å². The van der Waals surface area contributed by atoms with Gasteiger partial charge in [-0.1, -0.05) is 0 Å². The van der Waals surface area contributed by atoms with Gasteiger partial charge in [0.15, 0.2) is 0 Å². The Morgan fingerprint density at radius 3 is 2.94 bits per heavy atom. The molecule has 1 aromatic rings. The van der Waals surface area contributed by atoms with Gasteiger partial charge >= 0.3 is 5.97 Å². The summed E-state index contributed by atoms with van der Waals surface area (Å²) < 4.78 is 5.55. The van der Waals surface area contributed by atoms with Gasteiger partial charge < -0.3 is 10.1 Å². The number of hydrogen-bond acceptors (Lipinski definition) is 5. The summed E-state index contributed by atoms with van der Waals surface area (Å²) in [5.41, 5.74) is 0.477. The standard InChI is InChI=1S/C12H15BrN2O2S/c1-17-12(16)10-6-8(13)7-14-11(10)15-9-2-4-18-5-3-9/h6-7,9H,2-5H2,1H3,(H,14,15). The summed E-state index contributed by atoms with van der Waals surface area (Å²) in [5.74, 6) is 2.56. The number of aromatic nitrogens is 1. The number of ether oxygens (including phenoxy) is 1. The van der Waals surface area contributed by atoms with Crippen molar-refractivity contribution in [3.8, 4) is 0 Å². The lowest BCUT2D eigenvalue weighted by molar-refractivity contribution is 0.0601. The number of pyridine rings is 1. The lowest BCUT2D eigenvalue weighted by atomic mass is 10.1. The van der Waals surface area contributed by atoms with Crippen LogP contribution >= 0.6 is 27.7 Å². The van der Waals surface area contributed by atoms with E-state index >= 15 is 0 Å². The predicted molar refractivity (Wildman–Crippen MR) is 77.2 cm³/mol. The number of rotatable bonds is 3. The van der Waals surface area contributed by atoms with Crippen molar-refractivity contribution in [2.75, 3.05) is 23.9 Å². The number of halogens is 1. The molecule has 18 heavy (non-hydrogen) atoms. The molecular formula is C12H15BrN2O2S. The van der Waals surface area contributed by atoms with Crippen LogP contribution in [-0.4, -0.2) is 35.6 Å². The highest BCUT2D eigenvalue weighted by molar-refractivity contribution is 9.10. The zero-order valence-corrected chi connectivity index (χ0v) is 12.5. The first-order valence-corrected chi connectivity index (χ1v) is 7.73. The van der Waals surface area contributed by atoms with Crippen LogP contribution < -0.4 is 5.32 Å². The van der Waals surface area contributed by atoms with E-state index in [1.807, 2.05) is 11.8 Å². The number of anilines is 1. The quantitative estimate of drug-likeness (QED) is 0.863. The van der Waals surface area contributed by atoms with Gasteiger partial charge in [0.25, 0.3) is 0 Å². The summed E-state index contributed by atoms with van der Waals surface area (Å²) in [4.78, 5) is 16.0. The highest BCUT2D eigenvalue weighted by atomic mass is 79.9. The maximum atomic E-state index is 11.7. The highest BCUT2D eigenvalue weighted by Gasteiger charge is 2.19. The second-order valence-corrected chi connectivity index (χ2v) is 6.21. The Kier molecular flexibility index (Phi) is 4.88. The van der Waals surface area contributed by atoms with Crippen LogP contribution in [-0.2, 0) is 4.74 Å². The number of nitrogens with one attached hydrogen (secondary N) is 1. The van der Waals surface area contributed by atoms with Crippen molar-refractivity contribution in [2.45, 2.75) is 18.9 Å². The van der Waals surface area contributed by atoms with Gasteiger partial charge in [0, 0.05) is 16.7 Å². The average Bonchev–Trinajstić information content (AvgIpc) is 2.41. The molecule has 98 valence electrons. The Morgan fingerprint density at radius 1 is 1.56 bits per heavy atom. The first-order chi connectivity index (χ1) is 8.70. The second kappa shape index (κ2) is 6.43. The molecule has 0 amide bonds. The molecule has 1 aliphatic rings. The van der Waals surface area contributed by atoms with Crippen LogP contribution in [0.15, 0.2) is 16.7 Å². The van der Waals surface area contributed by atoms with Gasteiger partial charge in [-0.25, -0.2) is 9.78 Å². The van der Waals surface area contributed by atoms with Crippen LogP contribution in [0.3, 0.4) is 0 Å². The molecule has 2 heterocycles. The topological polar surface area (TPSA) is 51.2 Å². The molecule has 2 rings (SSSR count). The fourth-order valence-electron chi connectivity index (χ4n) is 1.86. The molecule has 0 saturated carbocycles. The summed E-state index contributed by atoms with van der Waals surface area (Å²) in [6.45, 7) is 0. The molecular weight excluding hydrogens is 316 g/mol. The normalized spacial score (nSPS) is 16.3. The Labute approximate surface area is 119 Å². The third kappa shape index (κ3) is 3.38. The molecule has 0 spiro atoms. The maximum absolute atomic E-state index is 11.7. The van der Waals surface area contributed by atoms with Gasteiger partial charge in [-0.05, 0) is 46.3 Å². The summed E-state index contributed by atoms with van der Waals surface area (Å²) in [5, 5.41) is 3.35. The van der Waals surface area contributed by atoms with E-state index in [1.54, 1.807) is 12.3 Å². The molecule has 0 atom stereocenters. The second-order valence-electron chi connectivity index (χ2n) is 4.07. The van der Waals surface area contributed by atoms with E-state index in [0.29, 0.717) is 17.4 Å². The van der Waals surface area contributed by atoms with E-state index in [9.17, 15) is 4.79 Å². The Morgan fingerprint density at radius 2 is 2.28 bits per heavy atom. The smallest absolute Gasteiger partial charge is 0.341 e. The van der Waals surface area contributed by atoms with Gasteiger partial charge in [0.05, 0.1) is 7.11 Å². The minimum atomic E-state index is -0.364. The molecule has 0 aliphatic carbocycles. The van der Waals surface area contributed by atoms with Gasteiger partial charge in [0.1, 0.15) is 11.4 Å². The van der Waals surface area contributed by atoms with E-state index in [-0.39, 0.29) is 5.97 Å². The molecule has 1 fully saturated rings. The lowest BCUT2D eigenvalue weighted by Gasteiger charge is -2.23. The summed E-state index contributed by atoms with van der Waals surface area (Å²) in [6.07, 6.45) is 3.89. The monoisotopic (exact) mass is 330 g/mol. The van der Waals surface area contributed by atoms with Crippen LogP contribution in [0.25, 0.3) is 0 Å². The first kappa shape index (κ1) is 13.7. The zero-order valence-electron chi connectivity index (χ0n) is 10.1. The summed E-state index contributed by atoms with van der Waals surface area (Å²) in [6, 6.07) is 2.13. The van der Waals surface area contributed by atoms with Crippen molar-refractivity contribution in [1.29, 1.82) is 0 Å². The summed E-state index contributed by atoms with van der Waals surface area (Å²) >= 11 is 5.28. The highest BCUT2D eigenvalue weighted by Crippen LogP contribution is 2.24. The largest absolute Gasteiger partial charge is 0.465 e. The Balaban J connectivity index is 2.17. The van der Waals surface area contributed by atoms with Crippen LogP contribution in [0.4, 0.5) is 5.82 Å². The van der Waals surface area contributed by atoms with Gasteiger partial charge in [-0.2, -0.15) is 11.8 Å². The first-order valence-electron chi connectivity index (χ1n) is 5.79. The number of esters is 1. The molecule has 1 aromatic heterocycles. The van der Waals surface area contributed by atoms with Crippen molar-refractivity contribution in [3.63, 3.8) is 0 Å². The predicted octanol–water partition coefficient (Wildman–Crippen LogP) is 2.94. The molecule has 4 nitrogen and oxygen atoms in total. The molecule has 6 heteroatoms. The van der Waals surface area contributed by atoms with Crippen LogP contribution in [0, 0.1) is 0 Å². The number of hydrogen-bond donors (Lipinski definition) is 1. The van der Waals surface area contributed by atoms with E-state index in [0.717, 1.165) is 28.8 Å². The molecule has 0 radical (unpaired) electrons. The molecule has 1 saturated heterocycles. The number of nitrogens with zero attached hydrogens (tertiary/aromatic N) is 1. The number of carbonyl (C=O) groups is 1. The lowest BCUT2D eigenvalue weighted by Crippen LogP contribution is -2.26. The van der Waals surface area contributed by atoms with Crippen molar-refractivity contribution in [1.82, 2.24) is 4.98 Å². The summed E-state index contributed by atoms with van der Waals surface area (Å²) in [7, 11) is 1.38. The Hall–Kier alpha value is -0.750. The van der Waals surface area contributed by atoms with E-state index < -0.39 is 0 Å². The number of carbonyl (C=O) groups excluding carboxylic acids is 1. The fraction of sp³-hybridized carbons (Fsp3) is 0.500. The third-order valence-electron chi connectivity index (χ3n) is 2.82. The molecule has 0 bridgehead atoms. The Bertz CT molecular complexity index is 436. The van der Waals surface area contributed by atoms with Crippen molar-refractivity contribution in [3.05, 3.63) is 22.3 Å². The van der Waals surface area contributed by atoms with Crippen molar-refractivity contribution in [2.24, 2.45) is 0 Å². The SMILES string of the molecule is COC(=O)c1cc(Br)cnc1NC1CCSCC1. The molecule has 0 unspecified atom stereocenters. The molecule has 1 N–H and O–H groups in total. The van der Waals surface area contributed by atoms with Crippen molar-refractivity contribution >= 4 is 39.5 Å². The van der Waals surface area contributed by atoms with Gasteiger partial charge in [-0.3, -0.25) is 0 Å². The van der Waals surface area contributed by atoms with Crippen LogP contribution in [0.2, 0.25) is 0 Å². The van der Waals surface area contributed by atoms with Crippen LogP contribution in [0.5, 0.6) is 0 Å². The van der Waals surface area contributed by atoms with Crippen molar-refractivity contribution < 1.29 is 9.53 Å². The van der Waals surface area contributed by atoms with E-state index in [4.69, 9.17) is 4.74 Å². The third-order valence-corrected chi connectivity index (χ3v) is 4.30. The molecule has 1 aliphatic heterocycles. The number of thioether (sulfide) groups is 1. The number of methoxy groups -OCH3 is 1. The van der Waals surface area contributed by atoms with Gasteiger partial charge in [0.2, 0.25) is 0 Å². The van der Waals surface area contributed by atoms with Gasteiger partial charge in [-0.15, -0.1) is 0 Å². The molecule has 0 aromatic carbocycles. The average molecular weight is 331 g/mol. The zero-order chi connectivity index (χ0) is 13.0. The minimum absolute atomic E-state index is 0.364.